The maximum atomic E-state index is 5.64. The topological polar surface area (TPSA) is 29.3 Å². The van der Waals surface area contributed by atoms with Gasteiger partial charge in [-0.2, -0.15) is 0 Å². The minimum atomic E-state index is 0.365. The molecule has 0 aromatic rings. The predicted octanol–water partition coefficient (Wildman–Crippen LogP) is 1.45. The molecule has 68 valence electrons. The SMILES string of the molecule is CC(N)CCCC(C)N(C)C. The van der Waals surface area contributed by atoms with Crippen molar-refractivity contribution < 1.29 is 0 Å². The zero-order valence-corrected chi connectivity index (χ0v) is 8.30. The molecule has 0 saturated heterocycles. The normalized spacial score (nSPS) is 16.9. The lowest BCUT2D eigenvalue weighted by Crippen LogP contribution is -2.25. The van der Waals surface area contributed by atoms with Crippen molar-refractivity contribution in [3.05, 3.63) is 0 Å². The third-order valence-electron chi connectivity index (χ3n) is 2.16. The Morgan fingerprint density at radius 3 is 2.09 bits per heavy atom. The predicted molar refractivity (Wildman–Crippen MR) is 50.6 cm³/mol. The van der Waals surface area contributed by atoms with Crippen molar-refractivity contribution in [2.45, 2.75) is 45.2 Å². The minimum Gasteiger partial charge on any atom is -0.328 e. The van der Waals surface area contributed by atoms with Gasteiger partial charge in [0.1, 0.15) is 0 Å². The van der Waals surface area contributed by atoms with Gasteiger partial charge >= 0.3 is 0 Å². The van der Waals surface area contributed by atoms with Crippen LogP contribution in [-0.4, -0.2) is 31.1 Å². The second-order valence-corrected chi connectivity index (χ2v) is 3.72. The van der Waals surface area contributed by atoms with Gasteiger partial charge in [-0.15, -0.1) is 0 Å². The van der Waals surface area contributed by atoms with Crippen LogP contribution >= 0.6 is 0 Å². The average Bonchev–Trinajstić information content (AvgIpc) is 1.86. The first-order valence-electron chi connectivity index (χ1n) is 4.46. The summed E-state index contributed by atoms with van der Waals surface area (Å²) < 4.78 is 0. The van der Waals surface area contributed by atoms with Crippen molar-refractivity contribution in [1.82, 2.24) is 4.90 Å². The largest absolute Gasteiger partial charge is 0.328 e. The van der Waals surface area contributed by atoms with E-state index in [-0.39, 0.29) is 0 Å². The van der Waals surface area contributed by atoms with E-state index in [1.165, 1.54) is 12.8 Å². The monoisotopic (exact) mass is 158 g/mol. The van der Waals surface area contributed by atoms with E-state index >= 15 is 0 Å². The van der Waals surface area contributed by atoms with E-state index in [9.17, 15) is 0 Å². The maximum Gasteiger partial charge on any atom is 0.00608 e. The second kappa shape index (κ2) is 5.56. The summed E-state index contributed by atoms with van der Waals surface area (Å²) in [4.78, 5) is 2.25. The van der Waals surface area contributed by atoms with Crippen molar-refractivity contribution in [2.75, 3.05) is 14.1 Å². The molecular weight excluding hydrogens is 136 g/mol. The van der Waals surface area contributed by atoms with Crippen molar-refractivity contribution in [2.24, 2.45) is 5.73 Å². The van der Waals surface area contributed by atoms with Crippen LogP contribution in [-0.2, 0) is 0 Å². The van der Waals surface area contributed by atoms with Crippen LogP contribution in [0.3, 0.4) is 0 Å². The number of rotatable bonds is 5. The van der Waals surface area contributed by atoms with Gasteiger partial charge in [0.2, 0.25) is 0 Å². The summed E-state index contributed by atoms with van der Waals surface area (Å²) in [5.74, 6) is 0. The van der Waals surface area contributed by atoms with Crippen molar-refractivity contribution in [3.63, 3.8) is 0 Å². The molecule has 2 N–H and O–H groups in total. The van der Waals surface area contributed by atoms with E-state index < -0.39 is 0 Å². The Bertz CT molecular complexity index is 89.6. The van der Waals surface area contributed by atoms with Gasteiger partial charge < -0.3 is 10.6 Å². The minimum absolute atomic E-state index is 0.365. The van der Waals surface area contributed by atoms with E-state index in [1.807, 2.05) is 0 Å². The molecule has 0 aromatic carbocycles. The van der Waals surface area contributed by atoms with Crippen LogP contribution < -0.4 is 5.73 Å². The molecule has 11 heavy (non-hydrogen) atoms. The lowest BCUT2D eigenvalue weighted by Gasteiger charge is -2.19. The number of hydrogen-bond acceptors (Lipinski definition) is 2. The van der Waals surface area contributed by atoms with Gasteiger partial charge in [-0.05, 0) is 40.8 Å². The van der Waals surface area contributed by atoms with Gasteiger partial charge in [0.05, 0.1) is 0 Å². The van der Waals surface area contributed by atoms with Crippen LogP contribution in [0.15, 0.2) is 0 Å². The molecule has 0 aliphatic carbocycles. The fraction of sp³-hybridized carbons (Fsp3) is 1.00. The molecule has 0 heterocycles. The van der Waals surface area contributed by atoms with Gasteiger partial charge in [-0.3, -0.25) is 0 Å². The zero-order chi connectivity index (χ0) is 8.85. The van der Waals surface area contributed by atoms with Gasteiger partial charge in [-0.25, -0.2) is 0 Å². The number of hydrogen-bond donors (Lipinski definition) is 1. The van der Waals surface area contributed by atoms with E-state index in [1.54, 1.807) is 0 Å². The molecule has 0 saturated carbocycles. The fourth-order valence-corrected chi connectivity index (χ4v) is 0.993. The van der Waals surface area contributed by atoms with Crippen LogP contribution in [0.1, 0.15) is 33.1 Å². The first-order valence-corrected chi connectivity index (χ1v) is 4.46. The van der Waals surface area contributed by atoms with Crippen LogP contribution in [0.4, 0.5) is 0 Å². The summed E-state index contributed by atoms with van der Waals surface area (Å²) in [5, 5.41) is 0. The molecule has 0 aromatic heterocycles. The molecule has 0 amide bonds. The van der Waals surface area contributed by atoms with Gasteiger partial charge in [0.15, 0.2) is 0 Å². The number of nitrogens with zero attached hydrogens (tertiary/aromatic N) is 1. The van der Waals surface area contributed by atoms with E-state index in [0.717, 1.165) is 6.42 Å². The standard InChI is InChI=1S/C9H22N2/c1-8(10)6-5-7-9(2)11(3)4/h8-9H,5-7,10H2,1-4H3. The summed E-state index contributed by atoms with van der Waals surface area (Å²) in [7, 11) is 4.24. The lowest BCUT2D eigenvalue weighted by atomic mass is 10.1. The van der Waals surface area contributed by atoms with Crippen LogP contribution in [0.2, 0.25) is 0 Å². The molecule has 0 bridgehead atoms. The molecule has 0 spiro atoms. The molecule has 2 nitrogen and oxygen atoms in total. The molecule has 2 heteroatoms. The van der Waals surface area contributed by atoms with Crippen LogP contribution in [0.5, 0.6) is 0 Å². The zero-order valence-electron chi connectivity index (χ0n) is 8.30. The van der Waals surface area contributed by atoms with Crippen LogP contribution in [0, 0.1) is 0 Å². The number of nitrogens with two attached hydrogens (primary N) is 1. The highest BCUT2D eigenvalue weighted by Gasteiger charge is 2.03. The van der Waals surface area contributed by atoms with E-state index in [4.69, 9.17) is 5.73 Å². The van der Waals surface area contributed by atoms with Gasteiger partial charge in [0.25, 0.3) is 0 Å². The lowest BCUT2D eigenvalue weighted by molar-refractivity contribution is 0.290. The molecule has 0 aliphatic heterocycles. The third kappa shape index (κ3) is 6.32. The molecule has 0 fully saturated rings. The van der Waals surface area contributed by atoms with Gasteiger partial charge in [-0.1, -0.05) is 6.42 Å². The Morgan fingerprint density at radius 1 is 1.18 bits per heavy atom. The first-order chi connectivity index (χ1) is 5.04. The summed E-state index contributed by atoms with van der Waals surface area (Å²) in [5.41, 5.74) is 5.64. The van der Waals surface area contributed by atoms with Crippen molar-refractivity contribution >= 4 is 0 Å². The Kier molecular flexibility index (Phi) is 5.51. The Hall–Kier alpha value is -0.0800. The molecule has 0 radical (unpaired) electrons. The Morgan fingerprint density at radius 2 is 1.73 bits per heavy atom. The van der Waals surface area contributed by atoms with Crippen LogP contribution in [0.25, 0.3) is 0 Å². The van der Waals surface area contributed by atoms with Gasteiger partial charge in [0, 0.05) is 12.1 Å². The van der Waals surface area contributed by atoms with Crippen molar-refractivity contribution in [3.8, 4) is 0 Å². The molecule has 2 atom stereocenters. The summed E-state index contributed by atoms with van der Waals surface area (Å²) in [6.45, 7) is 4.32. The molecule has 0 rings (SSSR count). The molecule has 2 unspecified atom stereocenters. The highest BCUT2D eigenvalue weighted by Crippen LogP contribution is 2.05. The summed E-state index contributed by atoms with van der Waals surface area (Å²) in [6, 6.07) is 1.05. The highest BCUT2D eigenvalue weighted by atomic mass is 15.1. The average molecular weight is 158 g/mol. The highest BCUT2D eigenvalue weighted by molar-refractivity contribution is 4.61. The quantitative estimate of drug-likeness (QED) is 0.656. The van der Waals surface area contributed by atoms with E-state index in [2.05, 4.69) is 32.8 Å². The molecular formula is C9H22N2. The fourth-order valence-electron chi connectivity index (χ4n) is 0.993. The molecule has 0 aliphatic rings. The Labute approximate surface area is 70.8 Å². The third-order valence-corrected chi connectivity index (χ3v) is 2.16. The maximum absolute atomic E-state index is 5.64. The summed E-state index contributed by atoms with van der Waals surface area (Å²) >= 11 is 0. The van der Waals surface area contributed by atoms with E-state index in [0.29, 0.717) is 12.1 Å². The Balaban J connectivity index is 3.24. The first kappa shape index (κ1) is 10.9. The second-order valence-electron chi connectivity index (χ2n) is 3.72. The van der Waals surface area contributed by atoms with Crippen molar-refractivity contribution in [1.29, 1.82) is 0 Å². The summed E-state index contributed by atoms with van der Waals surface area (Å²) in [6.07, 6.45) is 3.66. The smallest absolute Gasteiger partial charge is 0.00608 e.